The van der Waals surface area contributed by atoms with Crippen molar-refractivity contribution in [3.63, 3.8) is 0 Å². The lowest BCUT2D eigenvalue weighted by molar-refractivity contribution is 0.849. The van der Waals surface area contributed by atoms with Gasteiger partial charge in [-0.2, -0.15) is 0 Å². The van der Waals surface area contributed by atoms with E-state index < -0.39 is 0 Å². The summed E-state index contributed by atoms with van der Waals surface area (Å²) in [6.07, 6.45) is 4.99. The van der Waals surface area contributed by atoms with Crippen LogP contribution in [0.5, 0.6) is 0 Å². The summed E-state index contributed by atoms with van der Waals surface area (Å²) in [6, 6.07) is 0. The molecule has 1 rings (SSSR count). The van der Waals surface area contributed by atoms with Gasteiger partial charge in [-0.1, -0.05) is 33.1 Å². The summed E-state index contributed by atoms with van der Waals surface area (Å²) < 4.78 is 1.95. The molecule has 15 heavy (non-hydrogen) atoms. The highest BCUT2D eigenvalue weighted by Gasteiger charge is 2.06. The topological polar surface area (TPSA) is 30.2 Å². The Kier molecular flexibility index (Phi) is 6.02. The van der Waals surface area contributed by atoms with Gasteiger partial charge in [-0.3, -0.25) is 0 Å². The number of hydrogen-bond acceptors (Lipinski definition) is 2. The number of imidazole rings is 1. The molecule has 0 fully saturated rings. The molecule has 3 heteroatoms. The molecule has 0 aliphatic heterocycles. The Bertz CT molecular complexity index is 359. The van der Waals surface area contributed by atoms with E-state index in [9.17, 15) is 0 Å². The Balaban J connectivity index is 0.000000921. The number of rotatable bonds is 3. The van der Waals surface area contributed by atoms with Crippen molar-refractivity contribution < 1.29 is 0 Å². The van der Waals surface area contributed by atoms with Crippen molar-refractivity contribution in [2.75, 3.05) is 0 Å². The Morgan fingerprint density at radius 2 is 1.93 bits per heavy atom. The minimum atomic E-state index is 0.690. The summed E-state index contributed by atoms with van der Waals surface area (Å²) in [7, 11) is 1.94. The molecule has 0 aliphatic carbocycles. The molecule has 0 aliphatic rings. The van der Waals surface area contributed by atoms with Gasteiger partial charge in [0.15, 0.2) is 5.82 Å². The first-order valence-electron chi connectivity index (χ1n) is 5.01. The van der Waals surface area contributed by atoms with Crippen LogP contribution in [0.1, 0.15) is 25.4 Å². The minimum absolute atomic E-state index is 0.690. The summed E-state index contributed by atoms with van der Waals surface area (Å²) in [5.41, 5.74) is 0.926. The second kappa shape index (κ2) is 6.76. The number of allylic oxidation sites excluding steroid dienone is 1. The standard InChI is InChI=1S/C10H13N3.C2H6/c1-5-7-11-10-9(6-2)13(4)8(3)12-10;1-2/h5-7H,1-2H2,3-4H3;1-2H3/b11-7-;. The maximum atomic E-state index is 4.26. The van der Waals surface area contributed by atoms with Gasteiger partial charge in [-0.15, -0.1) is 0 Å². The quantitative estimate of drug-likeness (QED) is 0.696. The van der Waals surface area contributed by atoms with Crippen LogP contribution in [0.25, 0.3) is 6.08 Å². The van der Waals surface area contributed by atoms with Crippen molar-refractivity contribution in [1.29, 1.82) is 0 Å². The van der Waals surface area contributed by atoms with Gasteiger partial charge in [0, 0.05) is 13.3 Å². The third-order valence-corrected chi connectivity index (χ3v) is 1.84. The first kappa shape index (κ1) is 13.4. The Morgan fingerprint density at radius 1 is 1.33 bits per heavy atom. The minimum Gasteiger partial charge on any atom is -0.330 e. The SMILES string of the molecule is C=C/C=N\c1nc(C)n(C)c1C=C.CC. The lowest BCUT2D eigenvalue weighted by Gasteiger charge is -1.96. The monoisotopic (exact) mass is 205 g/mol. The molecule has 1 aromatic heterocycles. The molecule has 0 radical (unpaired) electrons. The molecule has 0 saturated carbocycles. The van der Waals surface area contributed by atoms with E-state index in [1.54, 1.807) is 18.4 Å². The number of aromatic nitrogens is 2. The summed E-state index contributed by atoms with van der Waals surface area (Å²) >= 11 is 0. The molecule has 0 N–H and O–H groups in total. The maximum absolute atomic E-state index is 4.26. The van der Waals surface area contributed by atoms with Crippen LogP contribution in [0, 0.1) is 6.92 Å². The molecule has 1 heterocycles. The van der Waals surface area contributed by atoms with E-state index in [-0.39, 0.29) is 0 Å². The summed E-state index contributed by atoms with van der Waals surface area (Å²) in [6.45, 7) is 13.2. The van der Waals surface area contributed by atoms with E-state index in [4.69, 9.17) is 0 Å². The molecule has 0 aromatic carbocycles. The van der Waals surface area contributed by atoms with Crippen LogP contribution >= 0.6 is 0 Å². The first-order valence-corrected chi connectivity index (χ1v) is 5.01. The third-order valence-electron chi connectivity index (χ3n) is 1.84. The predicted molar refractivity (Wildman–Crippen MR) is 67.7 cm³/mol. The zero-order valence-corrected chi connectivity index (χ0v) is 9.99. The fourth-order valence-corrected chi connectivity index (χ4v) is 1.06. The van der Waals surface area contributed by atoms with Gasteiger partial charge in [0.1, 0.15) is 5.82 Å². The lowest BCUT2D eigenvalue weighted by atomic mass is 10.4. The molecule has 0 atom stereocenters. The van der Waals surface area contributed by atoms with Gasteiger partial charge in [0.05, 0.1) is 5.69 Å². The van der Waals surface area contributed by atoms with Gasteiger partial charge >= 0.3 is 0 Å². The van der Waals surface area contributed by atoms with E-state index in [0.29, 0.717) is 5.82 Å². The van der Waals surface area contributed by atoms with Crippen LogP contribution in [0.3, 0.4) is 0 Å². The van der Waals surface area contributed by atoms with Crippen LogP contribution in [-0.2, 0) is 7.05 Å². The predicted octanol–water partition coefficient (Wildman–Crippen LogP) is 3.29. The average Bonchev–Trinajstić information content (AvgIpc) is 2.54. The molecule has 0 unspecified atom stereocenters. The van der Waals surface area contributed by atoms with Crippen LogP contribution in [0.2, 0.25) is 0 Å². The number of aryl methyl sites for hydroxylation is 1. The average molecular weight is 205 g/mol. The van der Waals surface area contributed by atoms with Gasteiger partial charge in [-0.05, 0) is 13.0 Å². The van der Waals surface area contributed by atoms with E-state index in [1.807, 2.05) is 32.4 Å². The smallest absolute Gasteiger partial charge is 0.177 e. The van der Waals surface area contributed by atoms with Crippen LogP contribution in [-0.4, -0.2) is 15.8 Å². The number of hydrogen-bond donors (Lipinski definition) is 0. The molecule has 0 amide bonds. The Labute approximate surface area is 91.9 Å². The van der Waals surface area contributed by atoms with Crippen molar-refractivity contribution in [1.82, 2.24) is 9.55 Å². The largest absolute Gasteiger partial charge is 0.330 e. The zero-order chi connectivity index (χ0) is 11.8. The first-order chi connectivity index (χ1) is 7.20. The highest BCUT2D eigenvalue weighted by molar-refractivity contribution is 5.74. The zero-order valence-electron chi connectivity index (χ0n) is 9.99. The summed E-state index contributed by atoms with van der Waals surface area (Å²) in [5, 5.41) is 0. The Hall–Kier alpha value is -1.64. The maximum Gasteiger partial charge on any atom is 0.177 e. The second-order valence-corrected chi connectivity index (χ2v) is 2.64. The van der Waals surface area contributed by atoms with Gasteiger partial charge < -0.3 is 4.57 Å². The molecule has 0 spiro atoms. The summed E-state index contributed by atoms with van der Waals surface area (Å²) in [4.78, 5) is 8.40. The van der Waals surface area contributed by atoms with Crippen LogP contribution in [0.4, 0.5) is 5.82 Å². The van der Waals surface area contributed by atoms with Crippen molar-refractivity contribution >= 4 is 18.1 Å². The normalized spacial score (nSPS) is 9.60. The second-order valence-electron chi connectivity index (χ2n) is 2.64. The number of aliphatic imine (C=N–C) groups is 1. The van der Waals surface area contributed by atoms with E-state index in [2.05, 4.69) is 23.1 Å². The Morgan fingerprint density at radius 3 is 2.40 bits per heavy atom. The fourth-order valence-electron chi connectivity index (χ4n) is 1.06. The molecule has 0 bridgehead atoms. The van der Waals surface area contributed by atoms with Crippen molar-refractivity contribution in [3.8, 4) is 0 Å². The molecule has 3 nitrogen and oxygen atoms in total. The van der Waals surface area contributed by atoms with E-state index in [1.165, 1.54) is 0 Å². The van der Waals surface area contributed by atoms with Crippen LogP contribution < -0.4 is 0 Å². The molecular weight excluding hydrogens is 186 g/mol. The highest BCUT2D eigenvalue weighted by Crippen LogP contribution is 2.19. The fraction of sp³-hybridized carbons (Fsp3) is 0.333. The van der Waals surface area contributed by atoms with Gasteiger partial charge in [0.2, 0.25) is 0 Å². The molecule has 1 aromatic rings. The van der Waals surface area contributed by atoms with E-state index >= 15 is 0 Å². The molecule has 82 valence electrons. The summed E-state index contributed by atoms with van der Waals surface area (Å²) in [5.74, 6) is 1.61. The van der Waals surface area contributed by atoms with Crippen molar-refractivity contribution in [2.45, 2.75) is 20.8 Å². The lowest BCUT2D eigenvalue weighted by Crippen LogP contribution is -1.92. The number of nitrogens with zero attached hydrogens (tertiary/aromatic N) is 3. The highest BCUT2D eigenvalue weighted by atomic mass is 15.1. The van der Waals surface area contributed by atoms with Crippen LogP contribution in [0.15, 0.2) is 24.2 Å². The van der Waals surface area contributed by atoms with Gasteiger partial charge in [0.25, 0.3) is 0 Å². The van der Waals surface area contributed by atoms with E-state index in [0.717, 1.165) is 11.5 Å². The molecule has 0 saturated heterocycles. The van der Waals surface area contributed by atoms with Gasteiger partial charge in [-0.25, -0.2) is 9.98 Å². The molecular formula is C12H19N3. The van der Waals surface area contributed by atoms with Crippen molar-refractivity contribution in [3.05, 3.63) is 30.8 Å². The third kappa shape index (κ3) is 3.20. The van der Waals surface area contributed by atoms with Crippen molar-refractivity contribution in [2.24, 2.45) is 12.0 Å².